The summed E-state index contributed by atoms with van der Waals surface area (Å²) in [5.74, 6) is -2.19. The molecular formula is C49H48ClF2N17O4. The van der Waals surface area contributed by atoms with E-state index in [-0.39, 0.29) is 48.1 Å². The second-order valence-electron chi connectivity index (χ2n) is 17.0. The number of nitrogens with zero attached hydrogens (tertiary/aromatic N) is 10. The van der Waals surface area contributed by atoms with E-state index in [4.69, 9.17) is 21.1 Å². The summed E-state index contributed by atoms with van der Waals surface area (Å²) in [5.41, 5.74) is 20.1. The van der Waals surface area contributed by atoms with Crippen LogP contribution in [0.4, 0.5) is 60.8 Å². The lowest BCUT2D eigenvalue weighted by atomic mass is 10.0. The maximum atomic E-state index is 15.4. The van der Waals surface area contributed by atoms with Crippen molar-refractivity contribution in [3.8, 4) is 11.1 Å². The Hall–Kier alpha value is -8.38. The average Bonchev–Trinajstić information content (AvgIpc) is 3.43. The number of anilines is 9. The van der Waals surface area contributed by atoms with Gasteiger partial charge in [-0.25, -0.2) is 34.1 Å². The number of nitrogens with one attached hydrogen (secondary N) is 7. The van der Waals surface area contributed by atoms with E-state index in [0.717, 1.165) is 66.4 Å². The summed E-state index contributed by atoms with van der Waals surface area (Å²) in [7, 11) is 0. The molecule has 5 aromatic heterocycles. The topological polar surface area (TPSA) is 237 Å². The van der Waals surface area contributed by atoms with Crippen molar-refractivity contribution < 1.29 is 27.8 Å². The number of pyridine rings is 3. The molecule has 0 radical (unpaired) electrons. The van der Waals surface area contributed by atoms with Gasteiger partial charge in [0.05, 0.1) is 68.2 Å². The number of halogens is 3. The van der Waals surface area contributed by atoms with Crippen molar-refractivity contribution in [1.82, 2.24) is 51.2 Å². The van der Waals surface area contributed by atoms with Crippen LogP contribution >= 0.6 is 11.6 Å². The highest BCUT2D eigenvalue weighted by Gasteiger charge is 2.27. The Bertz CT molecular complexity index is 3080. The third-order valence-electron chi connectivity index (χ3n) is 11.9. The minimum absolute atomic E-state index is 0.0132. The number of carbonyl (C=O) groups excluding carboxylic acids is 2. The minimum atomic E-state index is -0.647. The van der Waals surface area contributed by atoms with E-state index in [1.54, 1.807) is 58.7 Å². The van der Waals surface area contributed by atoms with Gasteiger partial charge in [-0.05, 0) is 85.1 Å². The lowest BCUT2D eigenvalue weighted by molar-refractivity contribution is 0.0391. The molecule has 24 heteroatoms. The number of hydrogen-bond donors (Lipinski definition) is 7. The SMILES string of the molecule is O=C(NNc1ncc(F)c(N2CCOCC2)n1)c1ccc(Nc2cc(Cl)cc(-c3cncc(C4CN(c5nc(NNC(=O)c6ccc(Nc7cccc(N8CCCCN8)c7)cn6)ncc5F)CCO4)c3)c2)cn1. The number of hydrazine groups is 3. The van der Waals surface area contributed by atoms with Gasteiger partial charge >= 0.3 is 0 Å². The number of hydrogen-bond acceptors (Lipinski definition) is 19. The molecular weight excluding hydrogens is 964 g/mol. The highest BCUT2D eigenvalue weighted by Crippen LogP contribution is 2.33. The number of amides is 2. The second-order valence-corrected chi connectivity index (χ2v) is 17.4. The predicted octanol–water partition coefficient (Wildman–Crippen LogP) is 6.57. The average molecular weight is 1010 g/mol. The quantitative estimate of drug-likeness (QED) is 0.0538. The van der Waals surface area contributed by atoms with Crippen LogP contribution in [0.15, 0.2) is 110 Å². The molecule has 0 aliphatic carbocycles. The van der Waals surface area contributed by atoms with Gasteiger partial charge in [0.25, 0.3) is 11.8 Å². The van der Waals surface area contributed by atoms with Crippen LogP contribution in [0.3, 0.4) is 0 Å². The van der Waals surface area contributed by atoms with E-state index < -0.39 is 29.6 Å². The van der Waals surface area contributed by atoms with Crippen LogP contribution in [-0.2, 0) is 9.47 Å². The van der Waals surface area contributed by atoms with Crippen molar-refractivity contribution >= 4 is 75.4 Å². The maximum Gasteiger partial charge on any atom is 0.288 e. The number of aromatic nitrogens is 7. The fourth-order valence-electron chi connectivity index (χ4n) is 8.27. The van der Waals surface area contributed by atoms with E-state index >= 15 is 4.39 Å². The molecule has 2 aromatic carbocycles. The first-order valence-electron chi connectivity index (χ1n) is 23.4. The fourth-order valence-corrected chi connectivity index (χ4v) is 8.50. The van der Waals surface area contributed by atoms with E-state index in [0.29, 0.717) is 54.9 Å². The number of carbonyl (C=O) groups is 2. The van der Waals surface area contributed by atoms with Crippen LogP contribution in [0.25, 0.3) is 11.1 Å². The van der Waals surface area contributed by atoms with Gasteiger partial charge in [0, 0.05) is 72.6 Å². The molecule has 1 unspecified atom stereocenters. The Balaban J connectivity index is 0.733. The molecule has 0 spiro atoms. The molecule has 7 aromatic rings. The van der Waals surface area contributed by atoms with Crippen LogP contribution in [0.1, 0.15) is 45.5 Å². The molecule has 10 rings (SSSR count). The largest absolute Gasteiger partial charge is 0.378 e. The first kappa shape index (κ1) is 48.3. The Morgan fingerprint density at radius 3 is 1.97 bits per heavy atom. The summed E-state index contributed by atoms with van der Waals surface area (Å²) in [6.07, 6.45) is 10.3. The molecule has 1 atom stereocenters. The zero-order valence-corrected chi connectivity index (χ0v) is 39.7. The van der Waals surface area contributed by atoms with Gasteiger partial charge in [-0.15, -0.1) is 0 Å². The summed E-state index contributed by atoms with van der Waals surface area (Å²) in [5, 5.41) is 9.20. The van der Waals surface area contributed by atoms with Gasteiger partial charge < -0.3 is 34.9 Å². The van der Waals surface area contributed by atoms with Gasteiger partial charge in [-0.2, -0.15) is 9.97 Å². The number of benzene rings is 2. The molecule has 3 saturated heterocycles. The van der Waals surface area contributed by atoms with Gasteiger partial charge in [-0.3, -0.25) is 36.3 Å². The van der Waals surface area contributed by atoms with Gasteiger partial charge in [0.15, 0.2) is 23.3 Å². The lowest BCUT2D eigenvalue weighted by Gasteiger charge is -2.34. The predicted molar refractivity (Wildman–Crippen MR) is 271 cm³/mol. The summed E-state index contributed by atoms with van der Waals surface area (Å²) in [6.45, 7) is 4.59. The van der Waals surface area contributed by atoms with Gasteiger partial charge in [0.1, 0.15) is 17.5 Å². The van der Waals surface area contributed by atoms with Crippen molar-refractivity contribution in [2.45, 2.75) is 18.9 Å². The van der Waals surface area contributed by atoms with Crippen molar-refractivity contribution in [3.05, 3.63) is 144 Å². The normalized spacial score (nSPS) is 15.8. The van der Waals surface area contributed by atoms with E-state index in [1.165, 1.54) is 12.3 Å². The highest BCUT2D eigenvalue weighted by molar-refractivity contribution is 6.31. The Kier molecular flexibility index (Phi) is 14.8. The van der Waals surface area contributed by atoms with Gasteiger partial charge in [-0.1, -0.05) is 17.7 Å². The van der Waals surface area contributed by atoms with E-state index in [9.17, 15) is 14.0 Å². The minimum Gasteiger partial charge on any atom is -0.378 e. The second kappa shape index (κ2) is 22.4. The Labute approximate surface area is 422 Å². The van der Waals surface area contributed by atoms with Crippen LogP contribution in [0, 0.1) is 11.6 Å². The summed E-state index contributed by atoms with van der Waals surface area (Å²) in [4.78, 5) is 59.2. The van der Waals surface area contributed by atoms with E-state index in [2.05, 4.69) is 89.8 Å². The monoisotopic (exact) mass is 1010 g/mol. The number of ether oxygens (including phenoxy) is 2. The highest BCUT2D eigenvalue weighted by atomic mass is 35.5. The zero-order chi connectivity index (χ0) is 50.1. The van der Waals surface area contributed by atoms with Crippen LogP contribution in [0.2, 0.25) is 5.02 Å². The molecule has 3 aliphatic rings. The first-order valence-corrected chi connectivity index (χ1v) is 23.8. The molecule has 3 fully saturated rings. The lowest BCUT2D eigenvalue weighted by Crippen LogP contribution is -2.43. The molecule has 73 heavy (non-hydrogen) atoms. The molecule has 8 heterocycles. The zero-order valence-electron chi connectivity index (χ0n) is 39.0. The molecule has 2 amide bonds. The first-order chi connectivity index (χ1) is 35.7. The van der Waals surface area contributed by atoms with Gasteiger partial charge in [0.2, 0.25) is 11.9 Å². The Morgan fingerprint density at radius 2 is 1.32 bits per heavy atom. The van der Waals surface area contributed by atoms with Crippen LogP contribution < -0.4 is 52.6 Å². The maximum absolute atomic E-state index is 15.4. The van der Waals surface area contributed by atoms with Crippen molar-refractivity contribution in [3.63, 3.8) is 0 Å². The molecule has 0 bridgehead atoms. The van der Waals surface area contributed by atoms with Crippen molar-refractivity contribution in [2.24, 2.45) is 0 Å². The smallest absolute Gasteiger partial charge is 0.288 e. The third kappa shape index (κ3) is 12.0. The van der Waals surface area contributed by atoms with Crippen molar-refractivity contribution in [1.29, 1.82) is 0 Å². The van der Waals surface area contributed by atoms with E-state index in [1.807, 2.05) is 24.3 Å². The molecule has 21 nitrogen and oxygen atoms in total. The third-order valence-corrected chi connectivity index (χ3v) is 12.1. The van der Waals surface area contributed by atoms with Crippen molar-refractivity contribution in [2.75, 3.05) is 95.4 Å². The number of morpholine rings is 2. The molecule has 3 aliphatic heterocycles. The molecule has 374 valence electrons. The fraction of sp³-hybridized carbons (Fsp3) is 0.245. The van der Waals surface area contributed by atoms with Crippen LogP contribution in [0.5, 0.6) is 0 Å². The Morgan fingerprint density at radius 1 is 0.644 bits per heavy atom. The summed E-state index contributed by atoms with van der Waals surface area (Å²) >= 11 is 6.62. The van der Waals surface area contributed by atoms with Crippen LogP contribution in [-0.4, -0.2) is 106 Å². The standard InChI is InChI=1S/C49H48ClF2N17O4/c50-33-19-30(20-37(21-33)60-36-7-9-42(55-26-36)47(71)63-65-48-56-27-39(51)44(61-48)67-12-15-72-16-13-67)31-18-32(24-53-23-31)43-29-68(14-17-73-43)45-40(52)28-57-49(62-45)66-64-46(70)41-8-6-35(25-54-41)59-34-4-3-5-38(22-34)69-11-2-1-10-58-69/h3-9,18-28,43,58-60H,1-2,10-17,29H2,(H,63,71)(H,64,70)(H,56,61,65)(H,57,62,66). The summed E-state index contributed by atoms with van der Waals surface area (Å²) < 4.78 is 41.3. The molecule has 0 saturated carbocycles. The summed E-state index contributed by atoms with van der Waals surface area (Å²) in [6, 6.07) is 22.0. The molecule has 7 N–H and O–H groups in total. The number of rotatable bonds is 15.